The van der Waals surface area contributed by atoms with Crippen LogP contribution >= 0.6 is 0 Å². The number of nitrogens with zero attached hydrogens (tertiary/aromatic N) is 3. The molecule has 0 aliphatic carbocycles. The van der Waals surface area contributed by atoms with E-state index in [9.17, 15) is 4.79 Å². The van der Waals surface area contributed by atoms with Crippen molar-refractivity contribution in [3.63, 3.8) is 0 Å². The lowest BCUT2D eigenvalue weighted by molar-refractivity contribution is 0.649. The van der Waals surface area contributed by atoms with Crippen molar-refractivity contribution in [2.24, 2.45) is 7.05 Å². The first-order valence-electron chi connectivity index (χ1n) is 5.23. The molecule has 0 saturated carbocycles. The van der Waals surface area contributed by atoms with Crippen LogP contribution in [0.1, 0.15) is 17.0 Å². The summed E-state index contributed by atoms with van der Waals surface area (Å²) in [6, 6.07) is 5.71. The summed E-state index contributed by atoms with van der Waals surface area (Å²) in [6.45, 7) is 4.34. The van der Waals surface area contributed by atoms with Crippen molar-refractivity contribution >= 4 is 0 Å². The number of aromatic nitrogens is 3. The lowest BCUT2D eigenvalue weighted by Crippen LogP contribution is -2.22. The highest BCUT2D eigenvalue weighted by Crippen LogP contribution is 2.03. The van der Waals surface area contributed by atoms with Crippen molar-refractivity contribution in [3.05, 3.63) is 51.7 Å². The third kappa shape index (κ3) is 1.91. The zero-order chi connectivity index (χ0) is 11.7. The zero-order valence-electron chi connectivity index (χ0n) is 9.77. The van der Waals surface area contributed by atoms with Gasteiger partial charge in [-0.3, -0.25) is 9.48 Å². The highest BCUT2D eigenvalue weighted by Gasteiger charge is 2.04. The van der Waals surface area contributed by atoms with Crippen LogP contribution in [0.5, 0.6) is 0 Å². The molecule has 0 spiro atoms. The Kier molecular flexibility index (Phi) is 2.64. The molecule has 0 aliphatic heterocycles. The molecule has 0 N–H and O–H groups in total. The van der Waals surface area contributed by atoms with E-state index in [4.69, 9.17) is 0 Å². The molecule has 16 heavy (non-hydrogen) atoms. The van der Waals surface area contributed by atoms with Gasteiger partial charge in [0.1, 0.15) is 0 Å². The Hall–Kier alpha value is -1.84. The van der Waals surface area contributed by atoms with Crippen LogP contribution in [0.15, 0.2) is 29.2 Å². The lowest BCUT2D eigenvalue weighted by atomic mass is 10.3. The largest absolute Gasteiger partial charge is 0.309 e. The Bertz CT molecular complexity index is 566. The maximum atomic E-state index is 11.8. The van der Waals surface area contributed by atoms with E-state index in [0.717, 1.165) is 17.0 Å². The summed E-state index contributed by atoms with van der Waals surface area (Å²) in [5.74, 6) is 0. The molecule has 0 atom stereocenters. The maximum Gasteiger partial charge on any atom is 0.253 e. The topological polar surface area (TPSA) is 39.8 Å². The molecule has 0 aromatic carbocycles. The van der Waals surface area contributed by atoms with Gasteiger partial charge in [-0.05, 0) is 26.0 Å². The summed E-state index contributed by atoms with van der Waals surface area (Å²) in [5, 5.41) is 4.26. The van der Waals surface area contributed by atoms with Crippen LogP contribution in [-0.2, 0) is 13.6 Å². The molecular formula is C12H15N3O. The minimum Gasteiger partial charge on any atom is -0.309 e. The second kappa shape index (κ2) is 3.96. The van der Waals surface area contributed by atoms with Crippen molar-refractivity contribution in [1.29, 1.82) is 0 Å². The number of hydrogen-bond donors (Lipinski definition) is 0. The van der Waals surface area contributed by atoms with Gasteiger partial charge in [0.05, 0.1) is 17.9 Å². The second-order valence-corrected chi connectivity index (χ2v) is 4.02. The fourth-order valence-electron chi connectivity index (χ4n) is 1.77. The predicted molar refractivity (Wildman–Crippen MR) is 62.5 cm³/mol. The third-order valence-electron chi connectivity index (χ3n) is 2.64. The highest BCUT2D eigenvalue weighted by molar-refractivity contribution is 5.12. The molecule has 2 aromatic rings. The quantitative estimate of drug-likeness (QED) is 0.759. The number of hydrogen-bond acceptors (Lipinski definition) is 2. The molecule has 0 unspecified atom stereocenters. The van der Waals surface area contributed by atoms with Crippen molar-refractivity contribution < 1.29 is 0 Å². The molecule has 2 heterocycles. The number of pyridine rings is 1. The summed E-state index contributed by atoms with van der Waals surface area (Å²) in [7, 11) is 1.89. The average molecular weight is 217 g/mol. The van der Waals surface area contributed by atoms with Gasteiger partial charge in [-0.1, -0.05) is 6.07 Å². The Morgan fingerprint density at radius 1 is 1.38 bits per heavy atom. The molecule has 0 fully saturated rings. The van der Waals surface area contributed by atoms with E-state index < -0.39 is 0 Å². The molecular weight excluding hydrogens is 202 g/mol. The highest BCUT2D eigenvalue weighted by atomic mass is 16.1. The van der Waals surface area contributed by atoms with Gasteiger partial charge >= 0.3 is 0 Å². The van der Waals surface area contributed by atoms with Gasteiger partial charge in [0.2, 0.25) is 0 Å². The summed E-state index contributed by atoms with van der Waals surface area (Å²) in [4.78, 5) is 11.8. The van der Waals surface area contributed by atoms with Crippen LogP contribution in [0.3, 0.4) is 0 Å². The van der Waals surface area contributed by atoms with Crippen LogP contribution in [0.2, 0.25) is 0 Å². The molecule has 0 amide bonds. The second-order valence-electron chi connectivity index (χ2n) is 4.02. The van der Waals surface area contributed by atoms with Gasteiger partial charge < -0.3 is 4.57 Å². The fraction of sp³-hybridized carbons (Fsp3) is 0.333. The standard InChI is InChI=1S/C12H15N3O/c1-9-5-4-6-15(12(9)16)8-11-7-10(2)13-14(11)3/h4-7H,8H2,1-3H3. The van der Waals surface area contributed by atoms with E-state index in [1.165, 1.54) is 0 Å². The minimum atomic E-state index is 0.0568. The molecule has 4 nitrogen and oxygen atoms in total. The first-order chi connectivity index (χ1) is 7.58. The number of aryl methyl sites for hydroxylation is 3. The van der Waals surface area contributed by atoms with Crippen molar-refractivity contribution in [2.45, 2.75) is 20.4 Å². The first kappa shape index (κ1) is 10.7. The third-order valence-corrected chi connectivity index (χ3v) is 2.64. The van der Waals surface area contributed by atoms with E-state index in [-0.39, 0.29) is 5.56 Å². The number of rotatable bonds is 2. The Labute approximate surface area is 94.1 Å². The summed E-state index contributed by atoms with van der Waals surface area (Å²) in [5.41, 5.74) is 2.83. The molecule has 2 aromatic heterocycles. The van der Waals surface area contributed by atoms with E-state index in [2.05, 4.69) is 5.10 Å². The molecule has 2 rings (SSSR count). The molecule has 84 valence electrons. The smallest absolute Gasteiger partial charge is 0.253 e. The van der Waals surface area contributed by atoms with Crippen LogP contribution in [0.25, 0.3) is 0 Å². The normalized spacial score (nSPS) is 10.7. The summed E-state index contributed by atoms with van der Waals surface area (Å²) in [6.07, 6.45) is 1.80. The van der Waals surface area contributed by atoms with Crippen molar-refractivity contribution in [2.75, 3.05) is 0 Å². The van der Waals surface area contributed by atoms with E-state index in [1.807, 2.05) is 43.8 Å². The maximum absolute atomic E-state index is 11.8. The van der Waals surface area contributed by atoms with Crippen LogP contribution in [0.4, 0.5) is 0 Å². The van der Waals surface area contributed by atoms with E-state index in [1.54, 1.807) is 10.8 Å². The molecule has 4 heteroatoms. The molecule has 0 saturated heterocycles. The van der Waals surface area contributed by atoms with Crippen molar-refractivity contribution in [3.8, 4) is 0 Å². The van der Waals surface area contributed by atoms with E-state index in [0.29, 0.717) is 6.54 Å². The van der Waals surface area contributed by atoms with Gasteiger partial charge in [0.25, 0.3) is 5.56 Å². The van der Waals surface area contributed by atoms with E-state index >= 15 is 0 Å². The molecule has 0 aliphatic rings. The Morgan fingerprint density at radius 3 is 2.75 bits per heavy atom. The Morgan fingerprint density at radius 2 is 2.12 bits per heavy atom. The first-order valence-corrected chi connectivity index (χ1v) is 5.23. The summed E-state index contributed by atoms with van der Waals surface area (Å²) >= 11 is 0. The summed E-state index contributed by atoms with van der Waals surface area (Å²) < 4.78 is 3.51. The zero-order valence-corrected chi connectivity index (χ0v) is 9.77. The molecule has 0 radical (unpaired) electrons. The van der Waals surface area contributed by atoms with Gasteiger partial charge in [-0.2, -0.15) is 5.10 Å². The van der Waals surface area contributed by atoms with Crippen LogP contribution in [0, 0.1) is 13.8 Å². The van der Waals surface area contributed by atoms with Crippen LogP contribution < -0.4 is 5.56 Å². The lowest BCUT2D eigenvalue weighted by Gasteiger charge is -2.06. The van der Waals surface area contributed by atoms with Gasteiger partial charge in [0.15, 0.2) is 0 Å². The van der Waals surface area contributed by atoms with Gasteiger partial charge in [-0.25, -0.2) is 0 Å². The van der Waals surface area contributed by atoms with Crippen LogP contribution in [-0.4, -0.2) is 14.3 Å². The Balaban J connectivity index is 2.38. The predicted octanol–water partition coefficient (Wildman–Crippen LogP) is 1.25. The SMILES string of the molecule is Cc1cc(Cn2cccc(C)c2=O)n(C)n1. The van der Waals surface area contributed by atoms with Gasteiger partial charge in [0, 0.05) is 18.8 Å². The minimum absolute atomic E-state index is 0.0568. The van der Waals surface area contributed by atoms with Crippen molar-refractivity contribution in [1.82, 2.24) is 14.3 Å². The fourth-order valence-corrected chi connectivity index (χ4v) is 1.77. The van der Waals surface area contributed by atoms with Gasteiger partial charge in [-0.15, -0.1) is 0 Å². The monoisotopic (exact) mass is 217 g/mol. The average Bonchev–Trinajstić information content (AvgIpc) is 2.53. The molecule has 0 bridgehead atoms.